The number of amides is 1. The molecule has 1 aromatic carbocycles. The highest BCUT2D eigenvalue weighted by molar-refractivity contribution is 7.10. The highest BCUT2D eigenvalue weighted by Crippen LogP contribution is 2.39. The molecule has 2 aromatic heterocycles. The predicted octanol–water partition coefficient (Wildman–Crippen LogP) is 3.01. The minimum atomic E-state index is -4.78. The summed E-state index contributed by atoms with van der Waals surface area (Å²) in [4.78, 5) is 39.4. The molecule has 0 saturated heterocycles. The Balaban J connectivity index is 2.18. The maximum atomic E-state index is 13.9. The summed E-state index contributed by atoms with van der Waals surface area (Å²) in [5.74, 6) is -1.06. The Labute approximate surface area is 195 Å². The molecule has 2 heterocycles. The first-order valence-electron chi connectivity index (χ1n) is 9.82. The fourth-order valence-corrected chi connectivity index (χ4v) is 3.97. The highest BCUT2D eigenvalue weighted by Gasteiger charge is 2.42. The molecule has 3 rings (SSSR count). The van der Waals surface area contributed by atoms with Gasteiger partial charge in [-0.2, -0.15) is 13.2 Å². The number of rotatable bonds is 6. The van der Waals surface area contributed by atoms with Crippen molar-refractivity contribution < 1.29 is 23.1 Å². The van der Waals surface area contributed by atoms with Crippen molar-refractivity contribution in [3.8, 4) is 5.75 Å². The molecule has 0 aliphatic carbocycles. The van der Waals surface area contributed by atoms with Gasteiger partial charge in [0.05, 0.1) is 11.3 Å². The molecule has 34 heavy (non-hydrogen) atoms. The summed E-state index contributed by atoms with van der Waals surface area (Å²) in [5, 5.41) is 16.8. The summed E-state index contributed by atoms with van der Waals surface area (Å²) in [6.07, 6.45) is -4.78. The second kappa shape index (κ2) is 9.25. The van der Waals surface area contributed by atoms with Gasteiger partial charge in [0.25, 0.3) is 17.0 Å². The molecule has 3 N–H and O–H groups in total. The summed E-state index contributed by atoms with van der Waals surface area (Å²) >= 11 is 0.837. The smallest absolute Gasteiger partial charge is 0.413 e. The van der Waals surface area contributed by atoms with E-state index < -0.39 is 46.4 Å². The maximum absolute atomic E-state index is 13.9. The molecular formula is C21H22F3N5O4S. The lowest BCUT2D eigenvalue weighted by molar-refractivity contribution is -0.143. The summed E-state index contributed by atoms with van der Waals surface area (Å²) in [7, 11) is 5.45. The van der Waals surface area contributed by atoms with Crippen LogP contribution in [0.3, 0.4) is 0 Å². The number of anilines is 3. The number of benzene rings is 1. The molecule has 0 saturated carbocycles. The second-order valence-electron chi connectivity index (χ2n) is 7.57. The molecule has 9 nitrogen and oxygen atoms in total. The van der Waals surface area contributed by atoms with Crippen LogP contribution in [0, 0.1) is 0 Å². The number of alkyl halides is 3. The monoisotopic (exact) mass is 497 g/mol. The number of phenolic OH excluding ortho intramolecular Hbond substituents is 1. The van der Waals surface area contributed by atoms with Crippen molar-refractivity contribution in [2.24, 2.45) is 14.1 Å². The van der Waals surface area contributed by atoms with E-state index in [-0.39, 0.29) is 16.1 Å². The van der Waals surface area contributed by atoms with E-state index in [0.717, 1.165) is 20.7 Å². The molecule has 0 aliphatic heterocycles. The van der Waals surface area contributed by atoms with Crippen molar-refractivity contribution in [1.82, 2.24) is 14.3 Å². The van der Waals surface area contributed by atoms with Gasteiger partial charge in [0.15, 0.2) is 11.8 Å². The Morgan fingerprint density at radius 2 is 1.68 bits per heavy atom. The molecule has 182 valence electrons. The Bertz CT molecular complexity index is 1330. The Hall–Kier alpha value is -3.74. The minimum absolute atomic E-state index is 0.100. The second-order valence-corrected chi connectivity index (χ2v) is 8.55. The van der Waals surface area contributed by atoms with Crippen LogP contribution in [-0.2, 0) is 14.1 Å². The zero-order valence-electron chi connectivity index (χ0n) is 18.6. The molecule has 3 aromatic rings. The lowest BCUT2D eigenvalue weighted by Crippen LogP contribution is -2.40. The SMILES string of the molecule is CN(C)C(=O)c1cccc(Nc2c(N[C@@H](c3cccs3)C(F)(F)F)c(=O)n(C)n(C)c2=O)c1O. The number of nitrogens with one attached hydrogen (secondary N) is 2. The maximum Gasteiger partial charge on any atom is 0.413 e. The Morgan fingerprint density at radius 1 is 1.06 bits per heavy atom. The van der Waals surface area contributed by atoms with E-state index in [4.69, 9.17) is 0 Å². The summed E-state index contributed by atoms with van der Waals surface area (Å²) in [6.45, 7) is 0. The fraction of sp³-hybridized carbons (Fsp3) is 0.286. The number of aromatic hydroxyl groups is 1. The van der Waals surface area contributed by atoms with E-state index >= 15 is 0 Å². The predicted molar refractivity (Wildman–Crippen MR) is 123 cm³/mol. The van der Waals surface area contributed by atoms with E-state index in [1.807, 2.05) is 0 Å². The van der Waals surface area contributed by atoms with Crippen LogP contribution in [0.2, 0.25) is 0 Å². The number of para-hydroxylation sites is 1. The molecule has 0 fully saturated rings. The van der Waals surface area contributed by atoms with Crippen molar-refractivity contribution in [2.45, 2.75) is 12.2 Å². The third kappa shape index (κ3) is 4.64. The molecule has 0 bridgehead atoms. The first kappa shape index (κ1) is 24.9. The molecule has 1 atom stereocenters. The van der Waals surface area contributed by atoms with Gasteiger partial charge in [-0.15, -0.1) is 11.3 Å². The van der Waals surface area contributed by atoms with E-state index in [1.165, 1.54) is 68.8 Å². The number of hydrogen-bond acceptors (Lipinski definition) is 7. The van der Waals surface area contributed by atoms with Gasteiger partial charge in [-0.25, -0.2) is 9.36 Å². The first-order chi connectivity index (χ1) is 15.8. The van der Waals surface area contributed by atoms with Gasteiger partial charge in [0, 0.05) is 33.1 Å². The number of aromatic nitrogens is 2. The zero-order valence-corrected chi connectivity index (χ0v) is 19.4. The van der Waals surface area contributed by atoms with Crippen LogP contribution >= 0.6 is 11.3 Å². The first-order valence-corrected chi connectivity index (χ1v) is 10.7. The van der Waals surface area contributed by atoms with Gasteiger partial charge in [0.1, 0.15) is 11.4 Å². The number of hydrogen-bond donors (Lipinski definition) is 3. The van der Waals surface area contributed by atoms with Gasteiger partial charge >= 0.3 is 6.18 Å². The molecule has 13 heteroatoms. The summed E-state index contributed by atoms with van der Waals surface area (Å²) < 4.78 is 43.4. The Kier molecular flexibility index (Phi) is 6.77. The molecular weight excluding hydrogens is 475 g/mol. The number of halogens is 3. The molecule has 0 spiro atoms. The van der Waals surface area contributed by atoms with E-state index in [0.29, 0.717) is 0 Å². The zero-order chi connectivity index (χ0) is 25.4. The van der Waals surface area contributed by atoms with Crippen molar-refractivity contribution >= 4 is 34.3 Å². The van der Waals surface area contributed by atoms with Crippen molar-refractivity contribution in [1.29, 1.82) is 0 Å². The van der Waals surface area contributed by atoms with Crippen LogP contribution in [0.5, 0.6) is 5.75 Å². The molecule has 0 radical (unpaired) electrons. The lowest BCUT2D eigenvalue weighted by Gasteiger charge is -2.24. The van der Waals surface area contributed by atoms with Gasteiger partial charge in [-0.1, -0.05) is 12.1 Å². The quantitative estimate of drug-likeness (QED) is 0.452. The average molecular weight is 497 g/mol. The normalized spacial score (nSPS) is 12.3. The average Bonchev–Trinajstić information content (AvgIpc) is 3.29. The topological polar surface area (TPSA) is 109 Å². The van der Waals surface area contributed by atoms with Crippen LogP contribution in [-0.4, -0.2) is 45.5 Å². The van der Waals surface area contributed by atoms with Crippen molar-refractivity contribution in [3.63, 3.8) is 0 Å². The number of thiophene rings is 1. The van der Waals surface area contributed by atoms with Gasteiger partial charge in [0.2, 0.25) is 0 Å². The fourth-order valence-electron chi connectivity index (χ4n) is 3.17. The largest absolute Gasteiger partial charge is 0.505 e. The molecule has 0 aliphatic rings. The molecule has 0 unspecified atom stereocenters. The van der Waals surface area contributed by atoms with Crippen molar-refractivity contribution in [3.05, 3.63) is 66.9 Å². The van der Waals surface area contributed by atoms with E-state index in [1.54, 1.807) is 0 Å². The van der Waals surface area contributed by atoms with Crippen LogP contribution < -0.4 is 21.8 Å². The van der Waals surface area contributed by atoms with E-state index in [2.05, 4.69) is 10.6 Å². The van der Waals surface area contributed by atoms with Gasteiger partial charge in [-0.3, -0.25) is 14.4 Å². The number of nitrogens with zero attached hydrogens (tertiary/aromatic N) is 3. The van der Waals surface area contributed by atoms with Crippen molar-refractivity contribution in [2.75, 3.05) is 24.7 Å². The number of carbonyl (C=O) groups is 1. The van der Waals surface area contributed by atoms with Gasteiger partial charge < -0.3 is 20.6 Å². The summed E-state index contributed by atoms with van der Waals surface area (Å²) in [6, 6.07) is 4.53. The van der Waals surface area contributed by atoms with Crippen LogP contribution in [0.15, 0.2) is 45.3 Å². The Morgan fingerprint density at radius 3 is 2.21 bits per heavy atom. The van der Waals surface area contributed by atoms with Crippen LogP contribution in [0.4, 0.5) is 30.2 Å². The van der Waals surface area contributed by atoms with Gasteiger partial charge in [-0.05, 0) is 23.6 Å². The third-order valence-corrected chi connectivity index (χ3v) is 6.03. The van der Waals surface area contributed by atoms with Crippen LogP contribution in [0.1, 0.15) is 21.3 Å². The van der Waals surface area contributed by atoms with E-state index in [9.17, 15) is 32.7 Å². The third-order valence-electron chi connectivity index (χ3n) is 5.09. The number of phenols is 1. The molecule has 1 amide bonds. The van der Waals surface area contributed by atoms with Crippen LogP contribution in [0.25, 0.3) is 0 Å². The highest BCUT2D eigenvalue weighted by atomic mass is 32.1. The minimum Gasteiger partial charge on any atom is -0.505 e. The summed E-state index contributed by atoms with van der Waals surface area (Å²) in [5.41, 5.74) is -3.13. The number of carbonyl (C=O) groups excluding carboxylic acids is 1. The lowest BCUT2D eigenvalue weighted by atomic mass is 10.1. The standard InChI is InChI=1S/C21H22F3N5O4S/c1-27(2)18(31)11-7-5-8-12(16(11)30)25-14-15(20(33)29(4)28(3)19(14)32)26-17(21(22,23)24)13-9-6-10-34-13/h5-10,17,25-26,30H,1-4H3/t17-/m0/s1.